The summed E-state index contributed by atoms with van der Waals surface area (Å²) >= 11 is 5.38. The average Bonchev–Trinajstić information content (AvgIpc) is 2.72. The molecule has 1 aliphatic heterocycles. The topological polar surface area (TPSA) is 87.6 Å². The van der Waals surface area contributed by atoms with Crippen LogP contribution < -0.4 is 10.5 Å². The number of hydrogen-bond acceptors (Lipinski definition) is 5. The van der Waals surface area contributed by atoms with Gasteiger partial charge in [-0.2, -0.15) is 0 Å². The number of carboxylic acids is 1. The van der Waals surface area contributed by atoms with Crippen molar-refractivity contribution >= 4 is 34.8 Å². The molecule has 0 saturated carbocycles. The minimum atomic E-state index is -0.984. The molecule has 4 rings (SSSR count). The molecule has 0 amide bonds. The van der Waals surface area contributed by atoms with Gasteiger partial charge in [0, 0.05) is 18.8 Å². The van der Waals surface area contributed by atoms with Gasteiger partial charge >= 0.3 is 5.97 Å². The number of ether oxygens (including phenoxy) is 1. The van der Waals surface area contributed by atoms with E-state index < -0.39 is 5.97 Å². The van der Waals surface area contributed by atoms with Gasteiger partial charge in [-0.25, -0.2) is 4.79 Å². The van der Waals surface area contributed by atoms with Crippen molar-refractivity contribution in [2.24, 2.45) is 0 Å². The number of aromatic carboxylic acids is 1. The maximum atomic E-state index is 13.1. The van der Waals surface area contributed by atoms with Crippen LogP contribution in [-0.2, 0) is 11.3 Å². The lowest BCUT2D eigenvalue weighted by atomic mass is 10.1. The van der Waals surface area contributed by atoms with Crippen molar-refractivity contribution in [2.75, 3.05) is 31.2 Å². The van der Waals surface area contributed by atoms with Gasteiger partial charge in [0.2, 0.25) is 0 Å². The average molecular weight is 397 g/mol. The number of rotatable bonds is 4. The molecule has 2 aromatic carbocycles. The van der Waals surface area contributed by atoms with Gasteiger partial charge in [0.25, 0.3) is 5.56 Å². The van der Waals surface area contributed by atoms with Crippen molar-refractivity contribution in [2.45, 2.75) is 6.54 Å². The van der Waals surface area contributed by atoms with Crippen molar-refractivity contribution in [1.82, 2.24) is 9.55 Å². The summed E-state index contributed by atoms with van der Waals surface area (Å²) < 4.78 is 7.22. The van der Waals surface area contributed by atoms with Crippen LogP contribution in [0.4, 0.5) is 5.69 Å². The number of hydrogen-bond donors (Lipinski definition) is 2. The molecule has 3 aromatic rings. The number of H-pyrrole nitrogens is 1. The van der Waals surface area contributed by atoms with Gasteiger partial charge in [-0.3, -0.25) is 9.36 Å². The van der Waals surface area contributed by atoms with Crippen LogP contribution in [0.2, 0.25) is 0 Å². The van der Waals surface area contributed by atoms with Crippen LogP contribution in [0.15, 0.2) is 47.3 Å². The van der Waals surface area contributed by atoms with Crippen LogP contribution in [-0.4, -0.2) is 46.9 Å². The summed E-state index contributed by atoms with van der Waals surface area (Å²) in [6.45, 7) is 3.19. The Labute approximate surface area is 165 Å². The fraction of sp³-hybridized carbons (Fsp3) is 0.250. The number of carboxylic acid groups (broad SMARTS) is 1. The van der Waals surface area contributed by atoms with E-state index in [1.807, 2.05) is 18.2 Å². The Hall–Kier alpha value is -2.97. The van der Waals surface area contributed by atoms with E-state index in [0.29, 0.717) is 28.9 Å². The number of nitrogens with one attached hydrogen (secondary N) is 1. The first-order valence-electron chi connectivity index (χ1n) is 8.95. The third-order valence-corrected chi connectivity index (χ3v) is 5.21. The minimum absolute atomic E-state index is 0.170. The number of aromatic amines is 1. The lowest BCUT2D eigenvalue weighted by molar-refractivity contribution is 0.0697. The van der Waals surface area contributed by atoms with Crippen LogP contribution in [0.1, 0.15) is 15.9 Å². The SMILES string of the molecule is O=C(O)c1ccc(Cn2c(=S)[nH]c3ccc(N4CCOCC4)cc3c2=O)cc1. The number of nitrogens with zero attached hydrogens (tertiary/aromatic N) is 2. The first-order chi connectivity index (χ1) is 13.5. The second kappa shape index (κ2) is 7.57. The smallest absolute Gasteiger partial charge is 0.335 e. The number of aromatic nitrogens is 2. The Morgan fingerprint density at radius 3 is 2.54 bits per heavy atom. The van der Waals surface area contributed by atoms with E-state index in [4.69, 9.17) is 22.1 Å². The molecule has 144 valence electrons. The zero-order valence-electron chi connectivity index (χ0n) is 15.1. The highest BCUT2D eigenvalue weighted by molar-refractivity contribution is 7.71. The van der Waals surface area contributed by atoms with Crippen LogP contribution in [0.3, 0.4) is 0 Å². The lowest BCUT2D eigenvalue weighted by Gasteiger charge is -2.29. The molecule has 1 aliphatic rings. The molecule has 0 spiro atoms. The molecular weight excluding hydrogens is 378 g/mol. The third kappa shape index (κ3) is 3.56. The van der Waals surface area contributed by atoms with Crippen molar-refractivity contribution in [1.29, 1.82) is 0 Å². The largest absolute Gasteiger partial charge is 0.478 e. The molecule has 2 heterocycles. The molecule has 7 nitrogen and oxygen atoms in total. The van der Waals surface area contributed by atoms with Gasteiger partial charge in [0.15, 0.2) is 4.77 Å². The molecule has 2 N–H and O–H groups in total. The number of carbonyl (C=O) groups is 1. The maximum absolute atomic E-state index is 13.1. The number of anilines is 1. The molecule has 1 saturated heterocycles. The summed E-state index contributed by atoms with van der Waals surface area (Å²) in [7, 11) is 0. The Morgan fingerprint density at radius 1 is 1.14 bits per heavy atom. The molecule has 0 radical (unpaired) electrons. The van der Waals surface area contributed by atoms with Gasteiger partial charge in [-0.1, -0.05) is 12.1 Å². The highest BCUT2D eigenvalue weighted by Crippen LogP contribution is 2.20. The van der Waals surface area contributed by atoms with Crippen LogP contribution in [0.25, 0.3) is 10.9 Å². The van der Waals surface area contributed by atoms with E-state index in [2.05, 4.69) is 9.88 Å². The molecule has 0 atom stereocenters. The fourth-order valence-electron chi connectivity index (χ4n) is 3.34. The van der Waals surface area contributed by atoms with Gasteiger partial charge in [-0.15, -0.1) is 0 Å². The molecule has 28 heavy (non-hydrogen) atoms. The van der Waals surface area contributed by atoms with E-state index >= 15 is 0 Å². The zero-order valence-corrected chi connectivity index (χ0v) is 15.9. The zero-order chi connectivity index (χ0) is 19.7. The Morgan fingerprint density at radius 2 is 1.86 bits per heavy atom. The number of fused-ring (bicyclic) bond motifs is 1. The normalized spacial score (nSPS) is 14.4. The molecular formula is C20H19N3O4S. The standard InChI is InChI=1S/C20H19N3O4S/c24-18-16-11-15(22-7-9-27-10-8-22)5-6-17(16)21-20(28)23(18)12-13-1-3-14(4-2-13)19(25)26/h1-6,11H,7-10,12H2,(H,21,28)(H,25,26). The first-order valence-corrected chi connectivity index (χ1v) is 9.35. The summed E-state index contributed by atoms with van der Waals surface area (Å²) in [5, 5.41) is 9.59. The van der Waals surface area contributed by atoms with Crippen molar-refractivity contribution in [3.05, 3.63) is 68.7 Å². The summed E-state index contributed by atoms with van der Waals surface area (Å²) in [5.41, 5.74) is 2.52. The lowest BCUT2D eigenvalue weighted by Crippen LogP contribution is -2.36. The quantitative estimate of drug-likeness (QED) is 0.658. The summed E-state index contributed by atoms with van der Waals surface area (Å²) in [6, 6.07) is 12.2. The second-order valence-corrected chi connectivity index (χ2v) is 7.04. The van der Waals surface area contributed by atoms with E-state index in [9.17, 15) is 9.59 Å². The van der Waals surface area contributed by atoms with Gasteiger partial charge in [0.05, 0.1) is 36.2 Å². The van der Waals surface area contributed by atoms with Crippen LogP contribution in [0.5, 0.6) is 0 Å². The molecule has 0 unspecified atom stereocenters. The number of benzene rings is 2. The molecule has 0 bridgehead atoms. The van der Waals surface area contributed by atoms with E-state index in [0.717, 1.165) is 24.3 Å². The Balaban J connectivity index is 1.72. The summed E-state index contributed by atoms with van der Waals surface area (Å²) in [4.78, 5) is 29.4. The minimum Gasteiger partial charge on any atom is -0.478 e. The Bertz CT molecular complexity index is 1140. The van der Waals surface area contributed by atoms with E-state index in [1.165, 1.54) is 16.7 Å². The highest BCUT2D eigenvalue weighted by atomic mass is 32.1. The van der Waals surface area contributed by atoms with Crippen LogP contribution >= 0.6 is 12.2 Å². The second-order valence-electron chi connectivity index (χ2n) is 6.65. The monoisotopic (exact) mass is 397 g/mol. The fourth-order valence-corrected chi connectivity index (χ4v) is 3.59. The molecule has 8 heteroatoms. The van der Waals surface area contributed by atoms with Gasteiger partial charge < -0.3 is 19.7 Å². The maximum Gasteiger partial charge on any atom is 0.335 e. The van der Waals surface area contributed by atoms with Crippen molar-refractivity contribution < 1.29 is 14.6 Å². The third-order valence-electron chi connectivity index (χ3n) is 4.88. The van der Waals surface area contributed by atoms with Gasteiger partial charge in [0.1, 0.15) is 0 Å². The Kier molecular flexibility index (Phi) is 4.97. The van der Waals surface area contributed by atoms with Crippen molar-refractivity contribution in [3.63, 3.8) is 0 Å². The predicted octanol–water partition coefficient (Wildman–Crippen LogP) is 2.64. The molecule has 1 fully saturated rings. The summed E-state index contributed by atoms with van der Waals surface area (Å²) in [6.07, 6.45) is 0. The van der Waals surface area contributed by atoms with Crippen molar-refractivity contribution in [3.8, 4) is 0 Å². The van der Waals surface area contributed by atoms with E-state index in [1.54, 1.807) is 12.1 Å². The predicted molar refractivity (Wildman–Crippen MR) is 109 cm³/mol. The highest BCUT2D eigenvalue weighted by Gasteiger charge is 2.14. The van der Waals surface area contributed by atoms with Crippen LogP contribution in [0, 0.1) is 4.77 Å². The molecule has 0 aliphatic carbocycles. The number of morpholine rings is 1. The first kappa shape index (κ1) is 18.4. The summed E-state index contributed by atoms with van der Waals surface area (Å²) in [5.74, 6) is -0.984. The van der Waals surface area contributed by atoms with Gasteiger partial charge in [-0.05, 0) is 48.1 Å². The van der Waals surface area contributed by atoms with E-state index in [-0.39, 0.29) is 17.7 Å². The molecule has 1 aromatic heterocycles.